The molecule has 45 heavy (non-hydrogen) atoms. The van der Waals surface area contributed by atoms with E-state index in [-0.39, 0.29) is 38.3 Å². The number of carboxylic acid groups (broad SMARTS) is 2. The Morgan fingerprint density at radius 1 is 1.02 bits per heavy atom. The van der Waals surface area contributed by atoms with Crippen molar-refractivity contribution < 1.29 is 39.0 Å². The summed E-state index contributed by atoms with van der Waals surface area (Å²) in [5, 5.41) is 21.9. The first-order valence-electron chi connectivity index (χ1n) is 14.9. The molecule has 2 rings (SSSR count). The molecule has 11 N–H and O–H groups in total. The molecule has 248 valence electrons. The lowest BCUT2D eigenvalue weighted by Gasteiger charge is -2.30. The van der Waals surface area contributed by atoms with Crippen LogP contribution >= 0.6 is 0 Å². The van der Waals surface area contributed by atoms with Gasteiger partial charge in [-0.15, -0.1) is 0 Å². The summed E-state index contributed by atoms with van der Waals surface area (Å²) >= 11 is 0. The maximum absolute atomic E-state index is 13.8. The van der Waals surface area contributed by atoms with Crippen molar-refractivity contribution in [3.63, 3.8) is 0 Å². The van der Waals surface area contributed by atoms with Crippen molar-refractivity contribution in [1.29, 1.82) is 0 Å². The van der Waals surface area contributed by atoms with Gasteiger partial charge in [0.15, 0.2) is 11.7 Å². The maximum atomic E-state index is 13.8. The molecule has 1 aliphatic rings. The number of nitrogens with zero attached hydrogens (tertiary/aromatic N) is 2. The molecule has 15 nitrogen and oxygen atoms in total. The fourth-order valence-electron chi connectivity index (χ4n) is 5.37. The monoisotopic (exact) mass is 631 g/mol. The zero-order valence-corrected chi connectivity index (χ0v) is 25.6. The highest BCUT2D eigenvalue weighted by Gasteiger charge is 2.46. The molecule has 2 amide bonds. The van der Waals surface area contributed by atoms with Gasteiger partial charge in [0.25, 0.3) is 0 Å². The number of Topliss-reactive ketones (excluding diaryl/α,β-unsaturated/α-hetero) is 2. The van der Waals surface area contributed by atoms with Crippen LogP contribution in [0.2, 0.25) is 0 Å². The van der Waals surface area contributed by atoms with E-state index in [9.17, 15) is 39.0 Å². The number of hydrogen-bond acceptors (Lipinski definition) is 9. The van der Waals surface area contributed by atoms with Gasteiger partial charge in [-0.2, -0.15) is 0 Å². The van der Waals surface area contributed by atoms with E-state index in [1.165, 1.54) is 4.90 Å². The number of carbonyl (C=O) groups is 6. The maximum Gasteiger partial charge on any atom is 0.326 e. The molecule has 0 saturated carbocycles. The van der Waals surface area contributed by atoms with E-state index in [0.29, 0.717) is 18.4 Å². The molecule has 0 radical (unpaired) electrons. The molecule has 2 unspecified atom stereocenters. The average molecular weight is 632 g/mol. The van der Waals surface area contributed by atoms with Crippen molar-refractivity contribution in [3.8, 4) is 0 Å². The van der Waals surface area contributed by atoms with Crippen LogP contribution in [0.15, 0.2) is 35.3 Å². The second kappa shape index (κ2) is 17.2. The molecule has 0 bridgehead atoms. The number of hydrogen-bond donors (Lipinski definition) is 7. The van der Waals surface area contributed by atoms with E-state index in [2.05, 4.69) is 10.3 Å². The lowest BCUT2D eigenvalue weighted by Crippen LogP contribution is -2.55. The van der Waals surface area contributed by atoms with E-state index in [1.807, 2.05) is 0 Å². The van der Waals surface area contributed by atoms with Crippen molar-refractivity contribution in [3.05, 3.63) is 35.9 Å². The fourth-order valence-corrected chi connectivity index (χ4v) is 5.37. The molecule has 0 aliphatic carbocycles. The Bertz CT molecular complexity index is 1250. The van der Waals surface area contributed by atoms with Crippen LogP contribution in [-0.2, 0) is 35.2 Å². The molecule has 6 atom stereocenters. The van der Waals surface area contributed by atoms with Crippen molar-refractivity contribution in [1.82, 2.24) is 10.2 Å². The first-order chi connectivity index (χ1) is 21.1. The zero-order chi connectivity index (χ0) is 33.8. The number of carboxylic acids is 2. The third-order valence-electron chi connectivity index (χ3n) is 7.91. The molecule has 1 saturated heterocycles. The Hall–Kier alpha value is -4.37. The van der Waals surface area contributed by atoms with Crippen LogP contribution in [-0.4, -0.2) is 93.6 Å². The molecular formula is C30H45N7O8. The quantitative estimate of drug-likeness (QED) is 0.0445. The topological polar surface area (TPSA) is 275 Å². The predicted octanol–water partition coefficient (Wildman–Crippen LogP) is -1.00. The number of aliphatic imine (C=N–C) groups is 1. The van der Waals surface area contributed by atoms with Gasteiger partial charge in [0.1, 0.15) is 23.8 Å². The van der Waals surface area contributed by atoms with Crippen LogP contribution in [0, 0.1) is 17.8 Å². The van der Waals surface area contributed by atoms with Gasteiger partial charge in [0, 0.05) is 31.8 Å². The first-order valence-corrected chi connectivity index (χ1v) is 14.9. The minimum atomic E-state index is -1.93. The summed E-state index contributed by atoms with van der Waals surface area (Å²) in [6.07, 6.45) is 0.638. The van der Waals surface area contributed by atoms with Gasteiger partial charge in [-0.05, 0) is 37.2 Å². The average Bonchev–Trinajstić information content (AvgIpc) is 3.47. The van der Waals surface area contributed by atoms with Crippen molar-refractivity contribution in [2.45, 2.75) is 76.5 Å². The van der Waals surface area contributed by atoms with Gasteiger partial charge >= 0.3 is 11.9 Å². The number of aliphatic carboxylic acids is 2. The molecule has 1 heterocycles. The van der Waals surface area contributed by atoms with Crippen molar-refractivity contribution in [2.75, 3.05) is 13.1 Å². The number of likely N-dealkylation sites (tertiary alicyclic amines) is 1. The lowest BCUT2D eigenvalue weighted by molar-refractivity contribution is -0.150. The van der Waals surface area contributed by atoms with Crippen LogP contribution in [0.5, 0.6) is 0 Å². The lowest BCUT2D eigenvalue weighted by atomic mass is 9.80. The summed E-state index contributed by atoms with van der Waals surface area (Å²) in [5.41, 5.74) is 23.2. The summed E-state index contributed by atoms with van der Waals surface area (Å²) < 4.78 is 0. The fraction of sp³-hybridized carbons (Fsp3) is 0.567. The molecule has 15 heteroatoms. The zero-order valence-electron chi connectivity index (χ0n) is 25.6. The summed E-state index contributed by atoms with van der Waals surface area (Å²) in [6.45, 7) is 3.71. The van der Waals surface area contributed by atoms with Crippen LogP contribution in [0.4, 0.5) is 0 Å². The third-order valence-corrected chi connectivity index (χ3v) is 7.91. The number of nitrogens with two attached hydrogens (primary N) is 4. The minimum absolute atomic E-state index is 0.00631. The van der Waals surface area contributed by atoms with Gasteiger partial charge in [-0.3, -0.25) is 29.0 Å². The van der Waals surface area contributed by atoms with E-state index in [4.69, 9.17) is 22.9 Å². The van der Waals surface area contributed by atoms with Gasteiger partial charge in [0.2, 0.25) is 11.8 Å². The Balaban J connectivity index is 2.23. The molecule has 1 aromatic rings. The highest BCUT2D eigenvalue weighted by molar-refractivity contribution is 6.10. The highest BCUT2D eigenvalue weighted by atomic mass is 16.4. The Morgan fingerprint density at radius 3 is 2.22 bits per heavy atom. The second-order valence-electron chi connectivity index (χ2n) is 11.6. The van der Waals surface area contributed by atoms with E-state index >= 15 is 0 Å². The number of benzene rings is 1. The second-order valence-corrected chi connectivity index (χ2v) is 11.6. The van der Waals surface area contributed by atoms with E-state index < -0.39 is 83.7 Å². The van der Waals surface area contributed by atoms with Gasteiger partial charge < -0.3 is 43.4 Å². The predicted molar refractivity (Wildman–Crippen MR) is 164 cm³/mol. The number of ketones is 2. The van der Waals surface area contributed by atoms with E-state index in [1.54, 1.807) is 44.2 Å². The molecule has 0 spiro atoms. The number of amides is 2. The molecule has 1 aliphatic heterocycles. The smallest absolute Gasteiger partial charge is 0.326 e. The molecule has 0 aromatic heterocycles. The highest BCUT2D eigenvalue weighted by Crippen LogP contribution is 2.27. The number of nitrogens with one attached hydrogen (secondary N) is 1. The Kier molecular flexibility index (Phi) is 14.1. The van der Waals surface area contributed by atoms with Crippen molar-refractivity contribution in [2.24, 2.45) is 45.7 Å². The molecule has 1 fully saturated rings. The molecular weight excluding hydrogens is 586 g/mol. The van der Waals surface area contributed by atoms with Gasteiger partial charge in [-0.25, -0.2) is 4.79 Å². The van der Waals surface area contributed by atoms with Crippen LogP contribution in [0.25, 0.3) is 0 Å². The van der Waals surface area contributed by atoms with Crippen LogP contribution in [0.1, 0.15) is 51.5 Å². The van der Waals surface area contributed by atoms with Crippen molar-refractivity contribution >= 4 is 41.3 Å². The first kappa shape index (κ1) is 36.8. The summed E-state index contributed by atoms with van der Waals surface area (Å²) in [7, 11) is 0. The van der Waals surface area contributed by atoms with Gasteiger partial charge in [0.05, 0.1) is 12.1 Å². The SMILES string of the molecule is CC(C)C(CC(=O)[C@@H](C(=O)[C@@H]1CCCN1C(=O)[C@@H](N)CCCN=C(N)N)C(N)C(=O)O)C(=O)N[C@@H](Cc1ccccc1)C(=O)O. The summed E-state index contributed by atoms with van der Waals surface area (Å²) in [5.74, 6) is -9.42. The van der Waals surface area contributed by atoms with Gasteiger partial charge in [-0.1, -0.05) is 44.2 Å². The molecule has 1 aromatic carbocycles. The Labute approximate surface area is 261 Å². The minimum Gasteiger partial charge on any atom is -0.480 e. The standard InChI is InChI=1S/C30H45N7O8/c1-16(2)18(26(40)36-20(28(42)43)14-17-8-4-3-5-9-17)15-22(38)23(24(32)29(44)45)25(39)21-11-7-13-37(21)27(41)19(31)10-6-12-35-30(33)34/h3-5,8-9,16,18-21,23-24H,6-7,10-15,31-32H2,1-2H3,(H,36,40)(H,42,43)(H,44,45)(H4,33,34,35)/t18?,19-,20-,21-,23+,24?/m0/s1. The van der Waals surface area contributed by atoms with Crippen LogP contribution in [0.3, 0.4) is 0 Å². The van der Waals surface area contributed by atoms with E-state index in [0.717, 1.165) is 0 Å². The number of guanidine groups is 1. The van der Waals surface area contributed by atoms with Crippen LogP contribution < -0.4 is 28.3 Å². The number of rotatable bonds is 18. The largest absolute Gasteiger partial charge is 0.480 e. The summed E-state index contributed by atoms with van der Waals surface area (Å²) in [6, 6.07) is 3.32. The summed E-state index contributed by atoms with van der Waals surface area (Å²) in [4.78, 5) is 82.8. The third kappa shape index (κ3) is 10.6. The number of carbonyl (C=O) groups excluding carboxylic acids is 4. The Morgan fingerprint density at radius 2 is 1.67 bits per heavy atom. The normalized spacial score (nSPS) is 17.9.